The zero-order chi connectivity index (χ0) is 10.8. The van der Waals surface area contributed by atoms with Gasteiger partial charge in [-0.25, -0.2) is 0 Å². The van der Waals surface area contributed by atoms with Gasteiger partial charge < -0.3 is 19.1 Å². The fourth-order valence-corrected chi connectivity index (χ4v) is 2.07. The molecular formula is C8H11NO6. The van der Waals surface area contributed by atoms with Crippen LogP contribution < -0.4 is 0 Å². The van der Waals surface area contributed by atoms with Gasteiger partial charge in [-0.2, -0.15) is 0 Å². The zero-order valence-corrected chi connectivity index (χ0v) is 7.90. The lowest BCUT2D eigenvalue weighted by molar-refractivity contribution is -0.769. The molecule has 0 aliphatic carbocycles. The molecule has 0 unspecified atom stereocenters. The molecule has 0 aromatic heterocycles. The van der Waals surface area contributed by atoms with Gasteiger partial charge in [0.15, 0.2) is 6.10 Å². The molecule has 0 bridgehead atoms. The van der Waals surface area contributed by atoms with Crippen molar-refractivity contribution >= 4 is 6.29 Å². The van der Waals surface area contributed by atoms with E-state index in [0.29, 0.717) is 13.0 Å². The van der Waals surface area contributed by atoms with Gasteiger partial charge in [-0.3, -0.25) is 0 Å². The van der Waals surface area contributed by atoms with E-state index in [1.165, 1.54) is 0 Å². The van der Waals surface area contributed by atoms with Gasteiger partial charge in [0.1, 0.15) is 12.4 Å². The number of aldehydes is 1. The summed E-state index contributed by atoms with van der Waals surface area (Å²) in [6.45, 7) is 0.539. The molecule has 2 aliphatic rings. The lowest BCUT2D eigenvalue weighted by Crippen LogP contribution is -2.32. The molecule has 15 heavy (non-hydrogen) atoms. The van der Waals surface area contributed by atoms with Crippen molar-refractivity contribution in [3.05, 3.63) is 10.1 Å². The Hall–Kier alpha value is -1.21. The SMILES string of the molecule is O=CC[C@H]1CO[C@H]2[C@@H]1OC[C@H]2O[N+](=O)[O-]. The van der Waals surface area contributed by atoms with Gasteiger partial charge >= 0.3 is 0 Å². The van der Waals surface area contributed by atoms with E-state index in [-0.39, 0.29) is 18.6 Å². The number of hydrogen-bond acceptors (Lipinski definition) is 6. The van der Waals surface area contributed by atoms with Gasteiger partial charge in [-0.05, 0) is 0 Å². The second-order valence-corrected chi connectivity index (χ2v) is 3.63. The van der Waals surface area contributed by atoms with Crippen molar-refractivity contribution in [1.29, 1.82) is 0 Å². The quantitative estimate of drug-likeness (QED) is 0.360. The second-order valence-electron chi connectivity index (χ2n) is 3.63. The third-order valence-electron chi connectivity index (χ3n) is 2.73. The van der Waals surface area contributed by atoms with Crippen molar-refractivity contribution in [1.82, 2.24) is 0 Å². The minimum atomic E-state index is -0.840. The summed E-state index contributed by atoms with van der Waals surface area (Å²) in [6.07, 6.45) is -0.171. The van der Waals surface area contributed by atoms with Crippen LogP contribution in [-0.2, 0) is 19.1 Å². The largest absolute Gasteiger partial charge is 0.373 e. The van der Waals surface area contributed by atoms with Crippen LogP contribution in [0, 0.1) is 16.0 Å². The van der Waals surface area contributed by atoms with E-state index in [1.54, 1.807) is 0 Å². The van der Waals surface area contributed by atoms with E-state index in [1.807, 2.05) is 0 Å². The van der Waals surface area contributed by atoms with Crippen LogP contribution in [-0.4, -0.2) is 42.9 Å². The van der Waals surface area contributed by atoms with Crippen LogP contribution in [0.2, 0.25) is 0 Å². The first-order valence-electron chi connectivity index (χ1n) is 4.70. The summed E-state index contributed by atoms with van der Waals surface area (Å²) >= 11 is 0. The number of rotatable bonds is 4. The van der Waals surface area contributed by atoms with Crippen molar-refractivity contribution in [2.24, 2.45) is 5.92 Å². The summed E-state index contributed by atoms with van der Waals surface area (Å²) in [5.74, 6) is -0.00662. The van der Waals surface area contributed by atoms with Crippen LogP contribution in [0.3, 0.4) is 0 Å². The van der Waals surface area contributed by atoms with Crippen LogP contribution in [0.4, 0.5) is 0 Å². The Balaban J connectivity index is 1.95. The van der Waals surface area contributed by atoms with Gasteiger partial charge in [0.05, 0.1) is 19.3 Å². The number of nitrogens with zero attached hydrogens (tertiary/aromatic N) is 1. The molecule has 2 heterocycles. The first kappa shape index (κ1) is 10.3. The summed E-state index contributed by atoms with van der Waals surface area (Å²) in [7, 11) is 0. The molecule has 2 aliphatic heterocycles. The van der Waals surface area contributed by atoms with Crippen molar-refractivity contribution in [3.8, 4) is 0 Å². The van der Waals surface area contributed by atoms with Crippen molar-refractivity contribution in [3.63, 3.8) is 0 Å². The Morgan fingerprint density at radius 3 is 2.80 bits per heavy atom. The van der Waals surface area contributed by atoms with Crippen LogP contribution in [0.15, 0.2) is 0 Å². The minimum absolute atomic E-state index is 0.00662. The first-order valence-corrected chi connectivity index (χ1v) is 4.70. The molecule has 2 fully saturated rings. The molecular weight excluding hydrogens is 206 g/mol. The third kappa shape index (κ3) is 1.93. The lowest BCUT2D eigenvalue weighted by atomic mass is 9.99. The van der Waals surface area contributed by atoms with Crippen molar-refractivity contribution in [2.75, 3.05) is 13.2 Å². The summed E-state index contributed by atoms with van der Waals surface area (Å²) in [4.78, 5) is 25.0. The molecule has 0 aromatic carbocycles. The number of fused-ring (bicyclic) bond motifs is 1. The molecule has 2 rings (SSSR count). The average molecular weight is 217 g/mol. The predicted octanol–water partition coefficient (Wildman–Crippen LogP) is -0.434. The van der Waals surface area contributed by atoms with E-state index in [9.17, 15) is 14.9 Å². The van der Waals surface area contributed by atoms with Gasteiger partial charge in [0.25, 0.3) is 5.09 Å². The van der Waals surface area contributed by atoms with Gasteiger partial charge in [-0.1, -0.05) is 0 Å². The maximum atomic E-state index is 10.4. The number of hydrogen-bond donors (Lipinski definition) is 0. The first-order chi connectivity index (χ1) is 7.22. The Morgan fingerprint density at radius 1 is 1.40 bits per heavy atom. The van der Waals surface area contributed by atoms with Gasteiger partial charge in [-0.15, -0.1) is 10.1 Å². The van der Waals surface area contributed by atoms with Crippen LogP contribution >= 0.6 is 0 Å². The maximum absolute atomic E-state index is 10.4. The molecule has 0 N–H and O–H groups in total. The standard InChI is InChI=1S/C8H11NO6/c10-2-1-5-3-13-8-6(15-9(11)12)4-14-7(5)8/h2,5-8H,1,3-4H2/t5-,6+,7+,8+/m0/s1. The second kappa shape index (κ2) is 4.11. The number of ether oxygens (including phenoxy) is 2. The number of carbonyl (C=O) groups excluding carboxylic acids is 1. The molecule has 7 nitrogen and oxygen atoms in total. The Labute approximate surface area is 85.4 Å². The normalized spacial score (nSPS) is 38.7. The highest BCUT2D eigenvalue weighted by Crippen LogP contribution is 2.33. The topological polar surface area (TPSA) is 87.9 Å². The van der Waals surface area contributed by atoms with E-state index >= 15 is 0 Å². The highest BCUT2D eigenvalue weighted by molar-refractivity contribution is 5.50. The molecule has 4 atom stereocenters. The van der Waals surface area contributed by atoms with Crippen LogP contribution in [0.25, 0.3) is 0 Å². The molecule has 0 saturated carbocycles. The Morgan fingerprint density at radius 2 is 2.13 bits per heavy atom. The highest BCUT2D eigenvalue weighted by Gasteiger charge is 2.48. The molecule has 2 saturated heterocycles. The monoisotopic (exact) mass is 217 g/mol. The molecule has 0 amide bonds. The molecule has 84 valence electrons. The highest BCUT2D eigenvalue weighted by atomic mass is 17.0. The fourth-order valence-electron chi connectivity index (χ4n) is 2.07. The van der Waals surface area contributed by atoms with E-state index in [4.69, 9.17) is 9.47 Å². The smallest absolute Gasteiger partial charge is 0.294 e. The average Bonchev–Trinajstić information content (AvgIpc) is 2.71. The van der Waals surface area contributed by atoms with E-state index < -0.39 is 17.3 Å². The van der Waals surface area contributed by atoms with E-state index in [0.717, 1.165) is 6.29 Å². The summed E-state index contributed by atoms with van der Waals surface area (Å²) < 4.78 is 10.7. The van der Waals surface area contributed by atoms with Crippen LogP contribution in [0.1, 0.15) is 6.42 Å². The maximum Gasteiger partial charge on any atom is 0.294 e. The van der Waals surface area contributed by atoms with Gasteiger partial charge in [0.2, 0.25) is 0 Å². The van der Waals surface area contributed by atoms with Crippen molar-refractivity contribution < 1.29 is 24.2 Å². The summed E-state index contributed by atoms with van der Waals surface area (Å²) in [5.41, 5.74) is 0. The van der Waals surface area contributed by atoms with Gasteiger partial charge in [0, 0.05) is 12.3 Å². The summed E-state index contributed by atoms with van der Waals surface area (Å²) in [6, 6.07) is 0. The van der Waals surface area contributed by atoms with Crippen molar-refractivity contribution in [2.45, 2.75) is 24.7 Å². The summed E-state index contributed by atoms with van der Waals surface area (Å²) in [5, 5.41) is 9.33. The third-order valence-corrected chi connectivity index (χ3v) is 2.73. The Kier molecular flexibility index (Phi) is 2.83. The molecule has 7 heteroatoms. The zero-order valence-electron chi connectivity index (χ0n) is 7.90. The number of carbonyl (C=O) groups is 1. The van der Waals surface area contributed by atoms with E-state index in [2.05, 4.69) is 4.84 Å². The fraction of sp³-hybridized carbons (Fsp3) is 0.875. The predicted molar refractivity (Wildman–Crippen MR) is 45.5 cm³/mol. The van der Waals surface area contributed by atoms with Crippen LogP contribution in [0.5, 0.6) is 0 Å². The molecule has 0 aromatic rings. The minimum Gasteiger partial charge on any atom is -0.373 e. The lowest BCUT2D eigenvalue weighted by Gasteiger charge is -2.13. The Bertz CT molecular complexity index is 270. The molecule has 0 spiro atoms. The molecule has 0 radical (unpaired) electrons.